The SMILES string of the molecule is Cl.O=C(CSc1ccc([N+](=O)[O-])cn1)Nc1nc2ccccc2[nH]1. The minimum Gasteiger partial charge on any atom is -0.324 e. The maximum absolute atomic E-state index is 11.9. The highest BCUT2D eigenvalue weighted by molar-refractivity contribution is 7.99. The average molecular weight is 366 g/mol. The molecule has 10 heteroatoms. The third-order valence-electron chi connectivity index (χ3n) is 2.93. The number of hydrogen-bond donors (Lipinski definition) is 2. The lowest BCUT2D eigenvalue weighted by molar-refractivity contribution is -0.385. The van der Waals surface area contributed by atoms with Gasteiger partial charge in [-0.2, -0.15) is 0 Å². The van der Waals surface area contributed by atoms with E-state index in [9.17, 15) is 14.9 Å². The molecule has 1 amide bonds. The van der Waals surface area contributed by atoms with Crippen LogP contribution in [-0.4, -0.2) is 31.5 Å². The van der Waals surface area contributed by atoms with Crippen LogP contribution < -0.4 is 5.32 Å². The summed E-state index contributed by atoms with van der Waals surface area (Å²) in [6, 6.07) is 10.3. The van der Waals surface area contributed by atoms with Crippen LogP contribution in [-0.2, 0) is 4.79 Å². The molecule has 0 aliphatic carbocycles. The minimum absolute atomic E-state index is 0. The number of aromatic nitrogens is 3. The van der Waals surface area contributed by atoms with Gasteiger partial charge in [-0.25, -0.2) is 9.97 Å². The van der Waals surface area contributed by atoms with Crippen LogP contribution >= 0.6 is 24.2 Å². The molecule has 0 atom stereocenters. The molecular weight excluding hydrogens is 354 g/mol. The lowest BCUT2D eigenvalue weighted by Crippen LogP contribution is -2.15. The lowest BCUT2D eigenvalue weighted by Gasteiger charge is -2.01. The number of pyridine rings is 1. The number of thioether (sulfide) groups is 1. The van der Waals surface area contributed by atoms with Gasteiger partial charge >= 0.3 is 0 Å². The quantitative estimate of drug-likeness (QED) is 0.408. The number of para-hydroxylation sites is 2. The van der Waals surface area contributed by atoms with Gasteiger partial charge in [0.1, 0.15) is 6.20 Å². The highest BCUT2D eigenvalue weighted by Crippen LogP contribution is 2.19. The number of carbonyl (C=O) groups is 1. The van der Waals surface area contributed by atoms with Crippen molar-refractivity contribution in [3.05, 3.63) is 52.7 Å². The van der Waals surface area contributed by atoms with Crippen molar-refractivity contribution in [3.63, 3.8) is 0 Å². The Hall–Kier alpha value is -2.65. The summed E-state index contributed by atoms with van der Waals surface area (Å²) in [7, 11) is 0. The number of amides is 1. The predicted octanol–water partition coefficient (Wildman–Crippen LogP) is 3.02. The monoisotopic (exact) mass is 365 g/mol. The molecule has 124 valence electrons. The van der Waals surface area contributed by atoms with E-state index in [-0.39, 0.29) is 29.8 Å². The molecule has 0 radical (unpaired) electrons. The van der Waals surface area contributed by atoms with Crippen molar-refractivity contribution in [2.45, 2.75) is 5.03 Å². The fourth-order valence-electron chi connectivity index (χ4n) is 1.89. The number of H-pyrrole nitrogens is 1. The second-order valence-corrected chi connectivity index (χ2v) is 5.55. The summed E-state index contributed by atoms with van der Waals surface area (Å²) in [5.74, 6) is 0.268. The number of aromatic amines is 1. The second-order valence-electron chi connectivity index (χ2n) is 4.55. The molecule has 0 fully saturated rings. The van der Waals surface area contributed by atoms with Gasteiger partial charge in [-0.1, -0.05) is 23.9 Å². The Morgan fingerprint density at radius 1 is 1.29 bits per heavy atom. The highest BCUT2D eigenvalue weighted by atomic mass is 35.5. The molecule has 3 rings (SSSR count). The molecule has 0 saturated heterocycles. The van der Waals surface area contributed by atoms with E-state index in [4.69, 9.17) is 0 Å². The summed E-state index contributed by atoms with van der Waals surface area (Å²) in [5, 5.41) is 13.7. The highest BCUT2D eigenvalue weighted by Gasteiger charge is 2.09. The topological polar surface area (TPSA) is 114 Å². The van der Waals surface area contributed by atoms with E-state index in [0.29, 0.717) is 11.0 Å². The Labute approximate surface area is 146 Å². The Morgan fingerprint density at radius 2 is 2.08 bits per heavy atom. The fraction of sp³-hybridized carbons (Fsp3) is 0.0714. The number of anilines is 1. The summed E-state index contributed by atoms with van der Waals surface area (Å²) in [4.78, 5) is 33.1. The molecule has 0 bridgehead atoms. The number of nitrogens with zero attached hydrogens (tertiary/aromatic N) is 3. The van der Waals surface area contributed by atoms with E-state index in [0.717, 1.165) is 11.0 Å². The maximum Gasteiger partial charge on any atom is 0.287 e. The Morgan fingerprint density at radius 3 is 2.75 bits per heavy atom. The van der Waals surface area contributed by atoms with Gasteiger partial charge in [0.2, 0.25) is 11.9 Å². The zero-order valence-electron chi connectivity index (χ0n) is 12.1. The van der Waals surface area contributed by atoms with Crippen LogP contribution in [0.1, 0.15) is 0 Å². The Bertz CT molecular complexity index is 835. The van der Waals surface area contributed by atoms with E-state index in [1.165, 1.54) is 30.1 Å². The standard InChI is InChI=1S/C14H11N5O3S.ClH/c20-12(8-23-13-6-5-9(7-15-13)19(21)22)18-14-16-10-3-1-2-4-11(10)17-14;/h1-7H,8H2,(H2,16,17,18,20);1H. The number of benzene rings is 1. The molecule has 0 saturated carbocycles. The number of carbonyl (C=O) groups excluding carboxylic acids is 1. The molecule has 0 spiro atoms. The van der Waals surface area contributed by atoms with E-state index in [1.54, 1.807) is 0 Å². The number of hydrogen-bond acceptors (Lipinski definition) is 6. The van der Waals surface area contributed by atoms with E-state index >= 15 is 0 Å². The van der Waals surface area contributed by atoms with Crippen LogP contribution in [0.2, 0.25) is 0 Å². The predicted molar refractivity (Wildman–Crippen MR) is 93.6 cm³/mol. The minimum atomic E-state index is -0.518. The number of nitrogens with one attached hydrogen (secondary N) is 2. The average Bonchev–Trinajstić information content (AvgIpc) is 2.95. The van der Waals surface area contributed by atoms with Gasteiger partial charge in [-0.3, -0.25) is 20.2 Å². The first-order valence-electron chi connectivity index (χ1n) is 6.59. The zero-order chi connectivity index (χ0) is 16.2. The molecular formula is C14H12ClN5O3S. The van der Waals surface area contributed by atoms with Crippen molar-refractivity contribution in [2.75, 3.05) is 11.1 Å². The summed E-state index contributed by atoms with van der Waals surface area (Å²) >= 11 is 1.19. The van der Waals surface area contributed by atoms with E-state index < -0.39 is 4.92 Å². The maximum atomic E-state index is 11.9. The zero-order valence-corrected chi connectivity index (χ0v) is 13.8. The smallest absolute Gasteiger partial charge is 0.287 e. The number of rotatable bonds is 5. The normalized spacial score (nSPS) is 10.2. The molecule has 2 heterocycles. The number of halogens is 1. The van der Waals surface area contributed by atoms with Gasteiger partial charge in [0.05, 0.1) is 26.7 Å². The summed E-state index contributed by atoms with van der Waals surface area (Å²) in [6.07, 6.45) is 1.17. The summed E-state index contributed by atoms with van der Waals surface area (Å²) < 4.78 is 0. The molecule has 8 nitrogen and oxygen atoms in total. The van der Waals surface area contributed by atoms with Gasteiger partial charge < -0.3 is 4.98 Å². The van der Waals surface area contributed by atoms with Gasteiger partial charge in [0.25, 0.3) is 5.69 Å². The first-order chi connectivity index (χ1) is 11.1. The van der Waals surface area contributed by atoms with Crippen molar-refractivity contribution in [1.82, 2.24) is 15.0 Å². The van der Waals surface area contributed by atoms with Crippen LogP contribution in [0, 0.1) is 10.1 Å². The summed E-state index contributed by atoms with van der Waals surface area (Å²) in [6.45, 7) is 0. The van der Waals surface area contributed by atoms with Gasteiger partial charge in [-0.15, -0.1) is 12.4 Å². The Balaban J connectivity index is 0.00000208. The van der Waals surface area contributed by atoms with Gasteiger partial charge in [0, 0.05) is 6.07 Å². The van der Waals surface area contributed by atoms with Crippen molar-refractivity contribution >= 4 is 52.7 Å². The second kappa shape index (κ2) is 7.75. The molecule has 1 aromatic carbocycles. The molecule has 0 unspecified atom stereocenters. The van der Waals surface area contributed by atoms with Crippen molar-refractivity contribution in [2.24, 2.45) is 0 Å². The first-order valence-corrected chi connectivity index (χ1v) is 7.58. The Kier molecular flexibility index (Phi) is 5.72. The molecule has 3 aromatic rings. The van der Waals surface area contributed by atoms with E-state index in [1.807, 2.05) is 24.3 Å². The molecule has 0 aliphatic heterocycles. The summed E-state index contributed by atoms with van der Waals surface area (Å²) in [5.41, 5.74) is 1.53. The van der Waals surface area contributed by atoms with Crippen molar-refractivity contribution in [1.29, 1.82) is 0 Å². The van der Waals surface area contributed by atoms with Gasteiger partial charge in [-0.05, 0) is 18.2 Å². The van der Waals surface area contributed by atoms with E-state index in [2.05, 4.69) is 20.3 Å². The molecule has 24 heavy (non-hydrogen) atoms. The fourth-order valence-corrected chi connectivity index (χ4v) is 2.53. The largest absolute Gasteiger partial charge is 0.324 e. The van der Waals surface area contributed by atoms with Crippen LogP contribution in [0.5, 0.6) is 0 Å². The first kappa shape index (κ1) is 17.7. The third kappa shape index (κ3) is 4.21. The van der Waals surface area contributed by atoms with Crippen LogP contribution in [0.3, 0.4) is 0 Å². The van der Waals surface area contributed by atoms with Crippen LogP contribution in [0.15, 0.2) is 47.6 Å². The number of imidazole rings is 1. The lowest BCUT2D eigenvalue weighted by atomic mass is 10.3. The van der Waals surface area contributed by atoms with Crippen molar-refractivity contribution < 1.29 is 9.72 Å². The number of fused-ring (bicyclic) bond motifs is 1. The molecule has 2 aromatic heterocycles. The van der Waals surface area contributed by atoms with Crippen LogP contribution in [0.4, 0.5) is 11.6 Å². The third-order valence-corrected chi connectivity index (χ3v) is 3.87. The number of nitro groups is 1. The van der Waals surface area contributed by atoms with Crippen LogP contribution in [0.25, 0.3) is 11.0 Å². The molecule has 2 N–H and O–H groups in total. The molecule has 0 aliphatic rings. The van der Waals surface area contributed by atoms with Gasteiger partial charge in [0.15, 0.2) is 0 Å². The van der Waals surface area contributed by atoms with Crippen molar-refractivity contribution in [3.8, 4) is 0 Å².